The first kappa shape index (κ1) is 13.1. The topological polar surface area (TPSA) is 39.2 Å². The molecule has 0 amide bonds. The van der Waals surface area contributed by atoms with Crippen LogP contribution in [0.4, 0.5) is 0 Å². The van der Waals surface area contributed by atoms with E-state index in [0.29, 0.717) is 17.3 Å². The van der Waals surface area contributed by atoms with E-state index in [1.165, 1.54) is 7.11 Å². The fraction of sp³-hybridized carbons (Fsp3) is 0.250. The summed E-state index contributed by atoms with van der Waals surface area (Å²) in [6.45, 7) is 0. The number of carbonyl (C=O) groups excluding carboxylic acids is 1. The van der Waals surface area contributed by atoms with Gasteiger partial charge in [-0.05, 0) is 24.1 Å². The van der Waals surface area contributed by atoms with Crippen LogP contribution in [0.15, 0.2) is 48.5 Å². The van der Waals surface area contributed by atoms with E-state index in [9.17, 15) is 4.79 Å². The van der Waals surface area contributed by atoms with E-state index in [1.807, 2.05) is 42.5 Å². The standard InChI is InChI=1S/C16H14ClNO2/c1-20-15(19)16(13-8-5-9-14(17)18-13)10-12(16)11-6-3-2-4-7-11/h2-9,12H,10H2,1H3/t12-,16+/m0/s1. The van der Waals surface area contributed by atoms with Crippen LogP contribution in [0.25, 0.3) is 0 Å². The summed E-state index contributed by atoms with van der Waals surface area (Å²) in [6.07, 6.45) is 0.705. The predicted molar refractivity (Wildman–Crippen MR) is 76.7 cm³/mol. The van der Waals surface area contributed by atoms with E-state index < -0.39 is 5.41 Å². The zero-order valence-corrected chi connectivity index (χ0v) is 11.8. The smallest absolute Gasteiger partial charge is 0.318 e. The molecule has 1 heterocycles. The average Bonchev–Trinajstić information content (AvgIpc) is 3.24. The van der Waals surface area contributed by atoms with Gasteiger partial charge < -0.3 is 4.74 Å². The predicted octanol–water partition coefficient (Wildman–Crippen LogP) is 3.33. The third kappa shape index (κ3) is 1.98. The van der Waals surface area contributed by atoms with Crippen molar-refractivity contribution in [3.05, 3.63) is 64.9 Å². The molecule has 0 saturated heterocycles. The molecule has 1 saturated carbocycles. The number of ether oxygens (including phenoxy) is 1. The molecule has 1 aliphatic carbocycles. The van der Waals surface area contributed by atoms with E-state index in [0.717, 1.165) is 5.56 Å². The Kier molecular flexibility index (Phi) is 3.22. The number of hydrogen-bond donors (Lipinski definition) is 0. The zero-order chi connectivity index (χ0) is 14.2. The van der Waals surface area contributed by atoms with Gasteiger partial charge in [0.05, 0.1) is 12.8 Å². The number of nitrogens with zero attached hydrogens (tertiary/aromatic N) is 1. The second-order valence-electron chi connectivity index (χ2n) is 4.98. The Labute approximate surface area is 122 Å². The molecule has 0 spiro atoms. The average molecular weight is 288 g/mol. The number of benzene rings is 1. The van der Waals surface area contributed by atoms with Gasteiger partial charge in [-0.1, -0.05) is 48.0 Å². The van der Waals surface area contributed by atoms with Gasteiger partial charge in [0.1, 0.15) is 10.6 Å². The Morgan fingerprint density at radius 2 is 2.00 bits per heavy atom. The number of aromatic nitrogens is 1. The third-order valence-electron chi connectivity index (χ3n) is 3.88. The number of methoxy groups -OCH3 is 1. The van der Waals surface area contributed by atoms with Crippen LogP contribution >= 0.6 is 11.6 Å². The van der Waals surface area contributed by atoms with Gasteiger partial charge >= 0.3 is 5.97 Å². The molecule has 1 fully saturated rings. The lowest BCUT2D eigenvalue weighted by atomic mass is 9.95. The fourth-order valence-electron chi connectivity index (χ4n) is 2.80. The second kappa shape index (κ2) is 4.91. The minimum Gasteiger partial charge on any atom is -0.468 e. The van der Waals surface area contributed by atoms with Crippen LogP contribution in [-0.4, -0.2) is 18.1 Å². The molecule has 0 radical (unpaired) electrons. The quantitative estimate of drug-likeness (QED) is 0.642. The van der Waals surface area contributed by atoms with Gasteiger partial charge in [0, 0.05) is 5.92 Å². The molecule has 0 N–H and O–H groups in total. The van der Waals surface area contributed by atoms with Crippen molar-refractivity contribution in [2.24, 2.45) is 0 Å². The fourth-order valence-corrected chi connectivity index (χ4v) is 2.97. The van der Waals surface area contributed by atoms with Crippen LogP contribution in [0.3, 0.4) is 0 Å². The molecule has 1 aromatic heterocycles. The minimum atomic E-state index is -0.693. The van der Waals surface area contributed by atoms with Crippen LogP contribution in [0.1, 0.15) is 23.6 Å². The van der Waals surface area contributed by atoms with Crippen molar-refractivity contribution in [2.45, 2.75) is 17.8 Å². The normalized spacial score (nSPS) is 24.2. The highest BCUT2D eigenvalue weighted by atomic mass is 35.5. The van der Waals surface area contributed by atoms with Crippen molar-refractivity contribution in [1.29, 1.82) is 0 Å². The molecule has 20 heavy (non-hydrogen) atoms. The number of carbonyl (C=O) groups is 1. The summed E-state index contributed by atoms with van der Waals surface area (Å²) in [5.41, 5.74) is 1.12. The molecule has 0 unspecified atom stereocenters. The Hall–Kier alpha value is -1.87. The first-order valence-corrected chi connectivity index (χ1v) is 6.82. The molecule has 2 atom stereocenters. The SMILES string of the molecule is COC(=O)[C@]1(c2cccc(Cl)n2)C[C@H]1c1ccccc1. The lowest BCUT2D eigenvalue weighted by molar-refractivity contribution is -0.144. The highest BCUT2D eigenvalue weighted by molar-refractivity contribution is 6.29. The maximum atomic E-state index is 12.3. The maximum absolute atomic E-state index is 12.3. The molecule has 3 rings (SSSR count). The van der Waals surface area contributed by atoms with E-state index in [2.05, 4.69) is 4.98 Å². The Morgan fingerprint density at radius 1 is 1.25 bits per heavy atom. The van der Waals surface area contributed by atoms with Gasteiger partial charge in [0.25, 0.3) is 0 Å². The second-order valence-corrected chi connectivity index (χ2v) is 5.36. The van der Waals surface area contributed by atoms with Crippen molar-refractivity contribution in [1.82, 2.24) is 4.98 Å². The first-order chi connectivity index (χ1) is 9.68. The van der Waals surface area contributed by atoms with Gasteiger partial charge in [-0.15, -0.1) is 0 Å². The van der Waals surface area contributed by atoms with Crippen molar-refractivity contribution in [3.8, 4) is 0 Å². The molecule has 1 aromatic carbocycles. The molecular weight excluding hydrogens is 274 g/mol. The van der Waals surface area contributed by atoms with E-state index in [4.69, 9.17) is 16.3 Å². The largest absolute Gasteiger partial charge is 0.468 e. The Morgan fingerprint density at radius 3 is 2.65 bits per heavy atom. The molecule has 0 aliphatic heterocycles. The summed E-state index contributed by atoms with van der Waals surface area (Å²) in [5, 5.41) is 0.393. The number of rotatable bonds is 3. The number of halogens is 1. The van der Waals surface area contributed by atoms with E-state index in [-0.39, 0.29) is 11.9 Å². The summed E-state index contributed by atoms with van der Waals surface area (Å²) in [7, 11) is 1.41. The lowest BCUT2D eigenvalue weighted by Crippen LogP contribution is -2.25. The van der Waals surface area contributed by atoms with Gasteiger partial charge in [0.2, 0.25) is 0 Å². The molecule has 102 valence electrons. The molecule has 3 nitrogen and oxygen atoms in total. The zero-order valence-electron chi connectivity index (χ0n) is 11.0. The van der Waals surface area contributed by atoms with Crippen molar-refractivity contribution in [3.63, 3.8) is 0 Å². The molecule has 4 heteroatoms. The van der Waals surface area contributed by atoms with Gasteiger partial charge in [0.15, 0.2) is 0 Å². The summed E-state index contributed by atoms with van der Waals surface area (Å²) in [6, 6.07) is 15.3. The van der Waals surface area contributed by atoms with Crippen molar-refractivity contribution >= 4 is 17.6 Å². The first-order valence-electron chi connectivity index (χ1n) is 6.45. The Balaban J connectivity index is 2.03. The summed E-state index contributed by atoms with van der Waals surface area (Å²) < 4.78 is 5.00. The van der Waals surface area contributed by atoms with Crippen molar-refractivity contribution < 1.29 is 9.53 Å². The number of pyridine rings is 1. The van der Waals surface area contributed by atoms with Crippen LogP contribution in [0.2, 0.25) is 5.15 Å². The highest BCUT2D eigenvalue weighted by Crippen LogP contribution is 2.60. The van der Waals surface area contributed by atoms with Crippen LogP contribution in [0.5, 0.6) is 0 Å². The van der Waals surface area contributed by atoms with Crippen LogP contribution < -0.4 is 0 Å². The third-order valence-corrected chi connectivity index (χ3v) is 4.10. The molecule has 2 aromatic rings. The maximum Gasteiger partial charge on any atom is 0.318 e. The van der Waals surface area contributed by atoms with E-state index >= 15 is 0 Å². The number of hydrogen-bond acceptors (Lipinski definition) is 3. The molecule has 1 aliphatic rings. The monoisotopic (exact) mass is 287 g/mol. The minimum absolute atomic E-state index is 0.0992. The van der Waals surface area contributed by atoms with Crippen LogP contribution in [-0.2, 0) is 14.9 Å². The number of esters is 1. The van der Waals surface area contributed by atoms with Crippen molar-refractivity contribution in [2.75, 3.05) is 7.11 Å². The Bertz CT molecular complexity index is 644. The van der Waals surface area contributed by atoms with Gasteiger partial charge in [-0.3, -0.25) is 4.79 Å². The van der Waals surface area contributed by atoms with E-state index in [1.54, 1.807) is 6.07 Å². The summed E-state index contributed by atoms with van der Waals surface area (Å²) >= 11 is 5.96. The highest BCUT2D eigenvalue weighted by Gasteiger charge is 2.63. The summed E-state index contributed by atoms with van der Waals surface area (Å²) in [5.74, 6) is -0.150. The molecule has 0 bridgehead atoms. The summed E-state index contributed by atoms with van der Waals surface area (Å²) in [4.78, 5) is 16.6. The lowest BCUT2D eigenvalue weighted by Gasteiger charge is -2.15. The van der Waals surface area contributed by atoms with Gasteiger partial charge in [-0.2, -0.15) is 0 Å². The van der Waals surface area contributed by atoms with Crippen LogP contribution in [0, 0.1) is 0 Å². The molecular formula is C16H14ClNO2. The van der Waals surface area contributed by atoms with Gasteiger partial charge in [-0.25, -0.2) is 4.98 Å².